The van der Waals surface area contributed by atoms with Gasteiger partial charge in [-0.25, -0.2) is 9.48 Å². The lowest BCUT2D eigenvalue weighted by atomic mass is 10.1. The zero-order valence-corrected chi connectivity index (χ0v) is 12.5. The molecule has 1 N–H and O–H groups in total. The molecule has 1 aliphatic heterocycles. The Labute approximate surface area is 135 Å². The van der Waals surface area contributed by atoms with Gasteiger partial charge in [-0.05, 0) is 23.8 Å². The van der Waals surface area contributed by atoms with Gasteiger partial charge in [-0.2, -0.15) is 18.3 Å². The standard InChI is InChI=1S/C16H14F3N3O2/c1-2-12-13(15(23)24)14-21(6-7-22(14)20-12)9-10-4-3-5-11(8-10)16(17,18)19/h2-5,8H,1,6-7,9H2,(H,23,24). The maximum atomic E-state index is 12.8. The molecular formula is C16H14F3N3O2. The first kappa shape index (κ1) is 16.1. The summed E-state index contributed by atoms with van der Waals surface area (Å²) in [7, 11) is 0. The van der Waals surface area contributed by atoms with Gasteiger partial charge in [0, 0.05) is 13.1 Å². The predicted molar refractivity (Wildman–Crippen MR) is 81.8 cm³/mol. The summed E-state index contributed by atoms with van der Waals surface area (Å²) in [4.78, 5) is 13.2. The number of halogens is 3. The summed E-state index contributed by atoms with van der Waals surface area (Å²) >= 11 is 0. The van der Waals surface area contributed by atoms with Gasteiger partial charge >= 0.3 is 12.1 Å². The van der Waals surface area contributed by atoms with Gasteiger partial charge in [-0.1, -0.05) is 18.7 Å². The predicted octanol–water partition coefficient (Wildman–Crippen LogP) is 3.26. The second-order valence-electron chi connectivity index (χ2n) is 5.44. The molecule has 1 aromatic carbocycles. The van der Waals surface area contributed by atoms with Gasteiger partial charge in [0.2, 0.25) is 0 Å². The molecule has 2 aromatic rings. The van der Waals surface area contributed by atoms with Gasteiger partial charge < -0.3 is 10.0 Å². The number of carboxylic acid groups (broad SMARTS) is 1. The van der Waals surface area contributed by atoms with Crippen LogP contribution in [0.1, 0.15) is 27.2 Å². The Kier molecular flexibility index (Phi) is 3.82. The minimum Gasteiger partial charge on any atom is -0.477 e. The Morgan fingerprint density at radius 2 is 2.12 bits per heavy atom. The minimum absolute atomic E-state index is 0.0227. The normalized spacial score (nSPS) is 13.9. The molecule has 0 saturated carbocycles. The molecule has 1 aliphatic rings. The molecular weight excluding hydrogens is 323 g/mol. The zero-order valence-electron chi connectivity index (χ0n) is 12.5. The summed E-state index contributed by atoms with van der Waals surface area (Å²) in [6.07, 6.45) is -3.05. The lowest BCUT2D eigenvalue weighted by molar-refractivity contribution is -0.137. The van der Waals surface area contributed by atoms with Gasteiger partial charge in [0.1, 0.15) is 17.1 Å². The number of aromatic nitrogens is 2. The summed E-state index contributed by atoms with van der Waals surface area (Å²) in [6, 6.07) is 5.02. The molecule has 0 spiro atoms. The molecule has 5 nitrogen and oxygen atoms in total. The quantitative estimate of drug-likeness (QED) is 0.930. The number of rotatable bonds is 4. The van der Waals surface area contributed by atoms with Crippen molar-refractivity contribution in [3.8, 4) is 0 Å². The topological polar surface area (TPSA) is 58.4 Å². The van der Waals surface area contributed by atoms with E-state index in [1.54, 1.807) is 15.6 Å². The van der Waals surface area contributed by atoms with Gasteiger partial charge in [0.15, 0.2) is 0 Å². The van der Waals surface area contributed by atoms with E-state index in [1.807, 2.05) is 0 Å². The van der Waals surface area contributed by atoms with E-state index in [-0.39, 0.29) is 17.8 Å². The average molecular weight is 337 g/mol. The molecule has 24 heavy (non-hydrogen) atoms. The maximum absolute atomic E-state index is 12.8. The third kappa shape index (κ3) is 2.75. The third-order valence-electron chi connectivity index (χ3n) is 3.87. The van der Waals surface area contributed by atoms with E-state index in [1.165, 1.54) is 12.1 Å². The van der Waals surface area contributed by atoms with Crippen LogP contribution in [0.4, 0.5) is 19.0 Å². The van der Waals surface area contributed by atoms with Gasteiger partial charge in [-0.15, -0.1) is 0 Å². The molecule has 0 saturated heterocycles. The number of hydrogen-bond donors (Lipinski definition) is 1. The molecule has 0 unspecified atom stereocenters. The van der Waals surface area contributed by atoms with Crippen molar-refractivity contribution in [1.29, 1.82) is 0 Å². The van der Waals surface area contributed by atoms with Crippen LogP contribution in [-0.4, -0.2) is 27.4 Å². The fraction of sp³-hybridized carbons (Fsp3) is 0.250. The molecule has 0 atom stereocenters. The lowest BCUT2D eigenvalue weighted by Crippen LogP contribution is -2.22. The largest absolute Gasteiger partial charge is 0.477 e. The Hall–Kier alpha value is -2.77. The van der Waals surface area contributed by atoms with Crippen molar-refractivity contribution in [1.82, 2.24) is 9.78 Å². The molecule has 3 rings (SSSR count). The van der Waals surface area contributed by atoms with Crippen LogP contribution >= 0.6 is 0 Å². The summed E-state index contributed by atoms with van der Waals surface area (Å²) in [5.74, 6) is -0.739. The van der Waals surface area contributed by atoms with Crippen molar-refractivity contribution in [2.24, 2.45) is 0 Å². The van der Waals surface area contributed by atoms with Crippen LogP contribution in [0.2, 0.25) is 0 Å². The summed E-state index contributed by atoms with van der Waals surface area (Å²) in [5.41, 5.74) is 0.00892. The van der Waals surface area contributed by atoms with E-state index in [0.717, 1.165) is 12.1 Å². The first-order valence-electron chi connectivity index (χ1n) is 7.19. The zero-order chi connectivity index (χ0) is 17.5. The number of benzene rings is 1. The van der Waals surface area contributed by atoms with E-state index < -0.39 is 17.7 Å². The minimum atomic E-state index is -4.41. The Morgan fingerprint density at radius 3 is 2.75 bits per heavy atom. The highest BCUT2D eigenvalue weighted by molar-refractivity contribution is 5.97. The molecule has 8 heteroatoms. The van der Waals surface area contributed by atoms with Crippen LogP contribution in [0.15, 0.2) is 30.8 Å². The molecule has 126 valence electrons. The number of nitrogens with zero attached hydrogens (tertiary/aromatic N) is 3. The Bertz CT molecular complexity index is 811. The molecule has 0 fully saturated rings. The van der Waals surface area contributed by atoms with Crippen molar-refractivity contribution >= 4 is 17.9 Å². The second-order valence-corrected chi connectivity index (χ2v) is 5.44. The smallest absolute Gasteiger partial charge is 0.416 e. The van der Waals surface area contributed by atoms with Crippen molar-refractivity contribution in [3.05, 3.63) is 53.2 Å². The monoisotopic (exact) mass is 337 g/mol. The van der Waals surface area contributed by atoms with Crippen LogP contribution in [0, 0.1) is 0 Å². The molecule has 1 aromatic heterocycles. The molecule has 2 heterocycles. The molecule has 0 amide bonds. The van der Waals surface area contributed by atoms with Crippen LogP contribution in [-0.2, 0) is 19.3 Å². The van der Waals surface area contributed by atoms with Crippen LogP contribution in [0.25, 0.3) is 6.08 Å². The number of fused-ring (bicyclic) bond motifs is 1. The molecule has 0 aliphatic carbocycles. The molecule has 0 bridgehead atoms. The summed E-state index contributed by atoms with van der Waals surface area (Å²) in [6.45, 7) is 4.68. The van der Waals surface area contributed by atoms with Crippen LogP contribution < -0.4 is 4.90 Å². The van der Waals surface area contributed by atoms with E-state index in [0.29, 0.717) is 24.5 Å². The highest BCUT2D eigenvalue weighted by Gasteiger charge is 2.32. The van der Waals surface area contributed by atoms with Crippen LogP contribution in [0.3, 0.4) is 0 Å². The van der Waals surface area contributed by atoms with Crippen molar-refractivity contribution in [2.75, 3.05) is 11.4 Å². The highest BCUT2D eigenvalue weighted by Crippen LogP contribution is 2.33. The Morgan fingerprint density at radius 1 is 1.38 bits per heavy atom. The fourth-order valence-corrected chi connectivity index (χ4v) is 2.84. The van der Waals surface area contributed by atoms with E-state index in [2.05, 4.69) is 11.7 Å². The average Bonchev–Trinajstić information content (AvgIpc) is 3.06. The van der Waals surface area contributed by atoms with E-state index in [9.17, 15) is 23.1 Å². The van der Waals surface area contributed by atoms with E-state index in [4.69, 9.17) is 0 Å². The first-order chi connectivity index (χ1) is 11.3. The number of hydrogen-bond acceptors (Lipinski definition) is 3. The Balaban J connectivity index is 1.94. The van der Waals surface area contributed by atoms with Crippen LogP contribution in [0.5, 0.6) is 0 Å². The van der Waals surface area contributed by atoms with Crippen molar-refractivity contribution in [2.45, 2.75) is 19.3 Å². The van der Waals surface area contributed by atoms with Gasteiger partial charge in [0.25, 0.3) is 0 Å². The maximum Gasteiger partial charge on any atom is 0.416 e. The van der Waals surface area contributed by atoms with Crippen molar-refractivity contribution < 1.29 is 23.1 Å². The second kappa shape index (κ2) is 5.70. The summed E-state index contributed by atoms with van der Waals surface area (Å²) < 4.78 is 40.0. The number of carboxylic acids is 1. The number of anilines is 1. The number of carbonyl (C=O) groups is 1. The van der Waals surface area contributed by atoms with Gasteiger partial charge in [0.05, 0.1) is 12.1 Å². The summed E-state index contributed by atoms with van der Waals surface area (Å²) in [5, 5.41) is 13.6. The number of alkyl halides is 3. The third-order valence-corrected chi connectivity index (χ3v) is 3.87. The first-order valence-corrected chi connectivity index (χ1v) is 7.19. The van der Waals surface area contributed by atoms with Crippen molar-refractivity contribution in [3.63, 3.8) is 0 Å². The highest BCUT2D eigenvalue weighted by atomic mass is 19.4. The number of aromatic carboxylic acids is 1. The SMILES string of the molecule is C=Cc1nn2c(c1C(=O)O)N(Cc1cccc(C(F)(F)F)c1)CC2. The van der Waals surface area contributed by atoms with E-state index >= 15 is 0 Å². The molecule has 0 radical (unpaired) electrons. The lowest BCUT2D eigenvalue weighted by Gasteiger charge is -2.19. The van der Waals surface area contributed by atoms with Gasteiger partial charge in [-0.3, -0.25) is 0 Å². The fourth-order valence-electron chi connectivity index (χ4n) is 2.84.